The number of fused-ring (bicyclic) bond motifs is 5. The lowest BCUT2D eigenvalue weighted by Gasteiger charge is -2.25. The molecule has 2 bridgehead atoms. The fourth-order valence-corrected chi connectivity index (χ4v) is 3.97. The molecule has 3 atom stereocenters. The summed E-state index contributed by atoms with van der Waals surface area (Å²) in [4.78, 5) is 15.7. The zero-order valence-corrected chi connectivity index (χ0v) is 12.1. The lowest BCUT2D eigenvalue weighted by molar-refractivity contribution is -0.137. The van der Waals surface area contributed by atoms with Crippen molar-refractivity contribution in [3.63, 3.8) is 0 Å². The molecule has 7 heteroatoms. The molecule has 3 aliphatic rings. The number of carbonyl (C=O) groups is 1. The lowest BCUT2D eigenvalue weighted by Crippen LogP contribution is -2.38. The Morgan fingerprint density at radius 3 is 2.68 bits per heavy atom. The Hall–Kier alpha value is -1.89. The molecule has 4 rings (SSSR count). The molecule has 114 valence electrons. The van der Waals surface area contributed by atoms with Crippen molar-refractivity contribution in [1.29, 1.82) is 0 Å². The molecule has 0 unspecified atom stereocenters. The summed E-state index contributed by atoms with van der Waals surface area (Å²) in [5, 5.41) is 0.297. The van der Waals surface area contributed by atoms with E-state index in [2.05, 4.69) is 0 Å². The number of hydrogen-bond donors (Lipinski definition) is 0. The van der Waals surface area contributed by atoms with E-state index in [1.54, 1.807) is 0 Å². The molecule has 0 aromatic heterocycles. The molecule has 2 fully saturated rings. The van der Waals surface area contributed by atoms with Crippen LogP contribution in [0.3, 0.4) is 0 Å². The third-order valence-corrected chi connectivity index (χ3v) is 4.87. The predicted octanol–water partition coefficient (Wildman–Crippen LogP) is 2.97. The van der Waals surface area contributed by atoms with Crippen molar-refractivity contribution in [2.75, 3.05) is 4.90 Å². The first kappa shape index (κ1) is 13.8. The monoisotopic (exact) mass is 324 g/mol. The van der Waals surface area contributed by atoms with Gasteiger partial charge in [0.2, 0.25) is 0 Å². The van der Waals surface area contributed by atoms with Crippen LogP contribution >= 0.6 is 12.2 Å². The molecule has 1 aliphatic carbocycles. The van der Waals surface area contributed by atoms with Crippen molar-refractivity contribution in [3.8, 4) is 0 Å². The van der Waals surface area contributed by atoms with Gasteiger partial charge in [0.1, 0.15) is 6.04 Å². The standard InChI is InChI=1S/C15H11F3N2OS/c16-15(17,18)9-2-1-3-10(7-9)20-13(21)12-8-4-5-11(6-8)19(12)14(20)22/h1-5,7-8,11-12H,6H2/t8-,11+,12+/m1/s1. The van der Waals surface area contributed by atoms with E-state index in [0.717, 1.165) is 18.6 Å². The fourth-order valence-electron chi connectivity index (χ4n) is 3.52. The molecule has 1 amide bonds. The van der Waals surface area contributed by atoms with Crippen LogP contribution in [-0.2, 0) is 11.0 Å². The highest BCUT2D eigenvalue weighted by Gasteiger charge is 2.55. The fraction of sp³-hybridized carbons (Fsp3) is 0.333. The number of hydrogen-bond acceptors (Lipinski definition) is 2. The van der Waals surface area contributed by atoms with E-state index in [1.807, 2.05) is 17.1 Å². The third-order valence-electron chi connectivity index (χ3n) is 4.47. The number of halogens is 3. The van der Waals surface area contributed by atoms with Crippen LogP contribution in [0.2, 0.25) is 0 Å². The highest BCUT2D eigenvalue weighted by atomic mass is 32.1. The SMILES string of the molecule is O=C1[C@@H]2[C@@H]3C=C[C@@H](C3)N2C(=S)N1c1cccc(C(F)(F)F)c1. The van der Waals surface area contributed by atoms with E-state index in [1.165, 1.54) is 17.0 Å². The number of anilines is 1. The molecule has 0 saturated carbocycles. The number of rotatable bonds is 1. The van der Waals surface area contributed by atoms with Gasteiger partial charge in [0, 0.05) is 5.92 Å². The second kappa shape index (κ2) is 4.32. The highest BCUT2D eigenvalue weighted by Crippen LogP contribution is 2.44. The average molecular weight is 324 g/mol. The number of thiocarbonyl (C=S) groups is 1. The first-order valence-electron chi connectivity index (χ1n) is 6.90. The minimum absolute atomic E-state index is 0.0854. The normalized spacial score (nSPS) is 29.7. The maximum Gasteiger partial charge on any atom is 0.416 e. The van der Waals surface area contributed by atoms with Gasteiger partial charge in [0.25, 0.3) is 5.91 Å². The molecule has 0 N–H and O–H groups in total. The van der Waals surface area contributed by atoms with Gasteiger partial charge in [0.15, 0.2) is 5.11 Å². The van der Waals surface area contributed by atoms with Gasteiger partial charge in [-0.2, -0.15) is 13.2 Å². The zero-order valence-electron chi connectivity index (χ0n) is 11.2. The summed E-state index contributed by atoms with van der Waals surface area (Å²) in [5.41, 5.74) is -0.604. The van der Waals surface area contributed by atoms with E-state index < -0.39 is 11.7 Å². The molecule has 2 heterocycles. The zero-order chi connectivity index (χ0) is 15.6. The molecule has 0 radical (unpaired) electrons. The van der Waals surface area contributed by atoms with E-state index >= 15 is 0 Å². The number of amides is 1. The van der Waals surface area contributed by atoms with E-state index in [0.29, 0.717) is 5.11 Å². The summed E-state index contributed by atoms with van der Waals surface area (Å²) < 4.78 is 38.6. The van der Waals surface area contributed by atoms with Crippen LogP contribution in [0.1, 0.15) is 12.0 Å². The van der Waals surface area contributed by atoms with Crippen LogP contribution < -0.4 is 4.90 Å². The van der Waals surface area contributed by atoms with Crippen molar-refractivity contribution < 1.29 is 18.0 Å². The van der Waals surface area contributed by atoms with Crippen molar-refractivity contribution >= 4 is 28.9 Å². The Kier molecular flexibility index (Phi) is 2.70. The maximum atomic E-state index is 12.9. The van der Waals surface area contributed by atoms with Crippen molar-refractivity contribution in [1.82, 2.24) is 4.90 Å². The lowest BCUT2D eigenvalue weighted by atomic mass is 10.0. The Morgan fingerprint density at radius 2 is 2.00 bits per heavy atom. The summed E-state index contributed by atoms with van der Waals surface area (Å²) in [6.45, 7) is 0. The van der Waals surface area contributed by atoms with Gasteiger partial charge in [-0.1, -0.05) is 18.2 Å². The Morgan fingerprint density at radius 1 is 1.23 bits per heavy atom. The summed E-state index contributed by atoms with van der Waals surface area (Å²) in [6, 6.07) is 4.46. The van der Waals surface area contributed by atoms with Crippen molar-refractivity contribution in [2.45, 2.75) is 24.7 Å². The van der Waals surface area contributed by atoms with Crippen LogP contribution in [-0.4, -0.2) is 28.0 Å². The molecular formula is C15H11F3N2OS. The second-order valence-corrected chi connectivity index (χ2v) is 6.07. The molecule has 0 spiro atoms. The van der Waals surface area contributed by atoms with E-state index in [4.69, 9.17) is 12.2 Å². The quantitative estimate of drug-likeness (QED) is 0.586. The average Bonchev–Trinajstić information content (AvgIpc) is 3.12. The largest absolute Gasteiger partial charge is 0.416 e. The second-order valence-electron chi connectivity index (χ2n) is 5.71. The molecule has 22 heavy (non-hydrogen) atoms. The maximum absolute atomic E-state index is 12.9. The molecule has 1 aromatic carbocycles. The number of alkyl halides is 3. The Labute approximate surface area is 130 Å². The van der Waals surface area contributed by atoms with E-state index in [-0.39, 0.29) is 29.6 Å². The summed E-state index contributed by atoms with van der Waals surface area (Å²) in [6.07, 6.45) is 0.419. The van der Waals surface area contributed by atoms with Gasteiger partial charge in [-0.3, -0.25) is 9.69 Å². The van der Waals surface area contributed by atoms with Crippen LogP contribution in [0.25, 0.3) is 0 Å². The van der Waals surface area contributed by atoms with Gasteiger partial charge in [-0.05, 0) is 36.8 Å². The van der Waals surface area contributed by atoms with Crippen LogP contribution in [0.15, 0.2) is 36.4 Å². The van der Waals surface area contributed by atoms with Crippen molar-refractivity contribution in [2.24, 2.45) is 5.92 Å². The molecule has 1 aromatic rings. The summed E-state index contributed by atoms with van der Waals surface area (Å²) >= 11 is 5.35. The first-order valence-corrected chi connectivity index (χ1v) is 7.30. The molecule has 2 saturated heterocycles. The minimum Gasteiger partial charge on any atom is -0.329 e. The topological polar surface area (TPSA) is 23.6 Å². The molecule has 3 nitrogen and oxygen atoms in total. The van der Waals surface area contributed by atoms with Crippen molar-refractivity contribution in [3.05, 3.63) is 42.0 Å². The highest BCUT2D eigenvalue weighted by molar-refractivity contribution is 7.80. The first-order chi connectivity index (χ1) is 10.4. The van der Waals surface area contributed by atoms with Crippen LogP contribution in [0.4, 0.5) is 18.9 Å². The number of nitrogens with zero attached hydrogens (tertiary/aromatic N) is 2. The number of carbonyl (C=O) groups excluding carboxylic acids is 1. The number of benzene rings is 1. The summed E-state index contributed by atoms with van der Waals surface area (Å²) in [7, 11) is 0. The van der Waals surface area contributed by atoms with Gasteiger partial charge in [-0.25, -0.2) is 0 Å². The van der Waals surface area contributed by atoms with Gasteiger partial charge in [0.05, 0.1) is 17.3 Å². The molecule has 2 aliphatic heterocycles. The van der Waals surface area contributed by atoms with Gasteiger partial charge in [-0.15, -0.1) is 0 Å². The summed E-state index contributed by atoms with van der Waals surface area (Å²) in [5.74, 6) is -0.132. The minimum atomic E-state index is -4.45. The Balaban J connectivity index is 1.73. The van der Waals surface area contributed by atoms with Gasteiger partial charge >= 0.3 is 6.18 Å². The Bertz CT molecular complexity index is 685. The smallest absolute Gasteiger partial charge is 0.329 e. The van der Waals surface area contributed by atoms with E-state index in [9.17, 15) is 18.0 Å². The molecular weight excluding hydrogens is 313 g/mol. The van der Waals surface area contributed by atoms with Gasteiger partial charge < -0.3 is 4.90 Å². The predicted molar refractivity (Wildman–Crippen MR) is 78.2 cm³/mol. The van der Waals surface area contributed by atoms with Crippen LogP contribution in [0.5, 0.6) is 0 Å². The van der Waals surface area contributed by atoms with Crippen LogP contribution in [0, 0.1) is 5.92 Å². The third kappa shape index (κ3) is 1.75.